The van der Waals surface area contributed by atoms with E-state index in [1.54, 1.807) is 7.11 Å². The molecule has 6 nitrogen and oxygen atoms in total. The van der Waals surface area contributed by atoms with Crippen LogP contribution in [0.1, 0.15) is 12.0 Å². The van der Waals surface area contributed by atoms with Gasteiger partial charge in [0.15, 0.2) is 6.61 Å². The van der Waals surface area contributed by atoms with Gasteiger partial charge in [0, 0.05) is 37.2 Å². The molecule has 0 radical (unpaired) electrons. The summed E-state index contributed by atoms with van der Waals surface area (Å²) in [6.07, 6.45) is 2.72. The van der Waals surface area contributed by atoms with Crippen molar-refractivity contribution in [3.63, 3.8) is 0 Å². The van der Waals surface area contributed by atoms with Crippen LogP contribution in [0, 0.1) is 0 Å². The van der Waals surface area contributed by atoms with Gasteiger partial charge in [-0.05, 0) is 18.1 Å². The summed E-state index contributed by atoms with van der Waals surface area (Å²) in [5, 5.41) is 3.69. The first-order chi connectivity index (χ1) is 10.7. The third-order valence-electron chi connectivity index (χ3n) is 3.27. The van der Waals surface area contributed by atoms with Crippen LogP contribution in [0.2, 0.25) is 0 Å². The van der Waals surface area contributed by atoms with E-state index in [1.165, 1.54) is 0 Å². The number of carbonyl (C=O) groups is 2. The van der Waals surface area contributed by atoms with Gasteiger partial charge in [-0.25, -0.2) is 0 Å². The molecule has 22 heavy (non-hydrogen) atoms. The van der Waals surface area contributed by atoms with Crippen LogP contribution in [0.15, 0.2) is 30.5 Å². The number of esters is 1. The van der Waals surface area contributed by atoms with Gasteiger partial charge in [0.25, 0.3) is 5.91 Å². The topological polar surface area (TPSA) is 80.4 Å². The molecule has 118 valence electrons. The Morgan fingerprint density at radius 1 is 1.27 bits per heavy atom. The fraction of sp³-hybridized carbons (Fsp3) is 0.375. The molecule has 0 saturated carbocycles. The Hall–Kier alpha value is -2.34. The first-order valence-corrected chi connectivity index (χ1v) is 7.17. The summed E-state index contributed by atoms with van der Waals surface area (Å²) in [5.41, 5.74) is 2.11. The molecule has 2 aromatic rings. The minimum Gasteiger partial charge on any atom is -0.456 e. The average molecular weight is 304 g/mol. The maximum atomic E-state index is 11.7. The second-order valence-corrected chi connectivity index (χ2v) is 4.86. The lowest BCUT2D eigenvalue weighted by Gasteiger charge is -2.06. The highest BCUT2D eigenvalue weighted by Gasteiger charge is 2.09. The zero-order valence-corrected chi connectivity index (χ0v) is 12.6. The van der Waals surface area contributed by atoms with Crippen molar-refractivity contribution in [2.45, 2.75) is 12.8 Å². The quantitative estimate of drug-likeness (QED) is 0.571. The van der Waals surface area contributed by atoms with Crippen LogP contribution >= 0.6 is 0 Å². The fourth-order valence-electron chi connectivity index (χ4n) is 2.14. The van der Waals surface area contributed by atoms with Crippen molar-refractivity contribution in [1.82, 2.24) is 10.3 Å². The maximum absolute atomic E-state index is 11.7. The van der Waals surface area contributed by atoms with Gasteiger partial charge in [0.1, 0.15) is 0 Å². The molecule has 0 aliphatic heterocycles. The minimum atomic E-state index is -0.382. The fourth-order valence-corrected chi connectivity index (χ4v) is 2.14. The normalized spacial score (nSPS) is 10.6. The molecule has 0 unspecified atom stereocenters. The predicted molar refractivity (Wildman–Crippen MR) is 82.5 cm³/mol. The standard InChI is InChI=1S/C16H20N2O4/c1-21-9-8-17-15(19)11-22-16(20)7-6-12-10-18-14-5-3-2-4-13(12)14/h2-5,10,18H,6-9,11H2,1H3,(H,17,19). The molecular formula is C16H20N2O4. The number of para-hydroxylation sites is 1. The van der Waals surface area contributed by atoms with Crippen molar-refractivity contribution in [3.8, 4) is 0 Å². The number of ether oxygens (including phenoxy) is 2. The van der Waals surface area contributed by atoms with Crippen molar-refractivity contribution in [3.05, 3.63) is 36.0 Å². The predicted octanol–water partition coefficient (Wildman–Crippen LogP) is 1.41. The van der Waals surface area contributed by atoms with E-state index in [9.17, 15) is 9.59 Å². The van der Waals surface area contributed by atoms with Gasteiger partial charge in [0.2, 0.25) is 0 Å². The number of fused-ring (bicyclic) bond motifs is 1. The first kappa shape index (κ1) is 16.0. The molecule has 1 amide bonds. The molecule has 0 aliphatic rings. The third kappa shape index (κ3) is 4.60. The molecule has 0 atom stereocenters. The molecule has 2 rings (SSSR count). The largest absolute Gasteiger partial charge is 0.456 e. The maximum Gasteiger partial charge on any atom is 0.306 e. The number of nitrogens with one attached hydrogen (secondary N) is 2. The molecule has 2 N–H and O–H groups in total. The van der Waals surface area contributed by atoms with Crippen LogP contribution in [0.5, 0.6) is 0 Å². The highest BCUT2D eigenvalue weighted by molar-refractivity contribution is 5.84. The molecule has 1 heterocycles. The Bertz CT molecular complexity index is 636. The smallest absolute Gasteiger partial charge is 0.306 e. The summed E-state index contributed by atoms with van der Waals surface area (Å²) in [6.45, 7) is 0.582. The van der Waals surface area contributed by atoms with E-state index in [1.807, 2.05) is 30.5 Å². The lowest BCUT2D eigenvalue weighted by molar-refractivity contribution is -0.148. The summed E-state index contributed by atoms with van der Waals surface area (Å²) in [4.78, 5) is 26.2. The number of amides is 1. The SMILES string of the molecule is COCCNC(=O)COC(=O)CCc1c[nH]c2ccccc12. The van der Waals surface area contributed by atoms with E-state index in [0.29, 0.717) is 19.6 Å². The number of hydrogen-bond donors (Lipinski definition) is 2. The second kappa shape index (κ2) is 8.19. The molecule has 0 fully saturated rings. The van der Waals surface area contributed by atoms with Crippen molar-refractivity contribution >= 4 is 22.8 Å². The average Bonchev–Trinajstić information content (AvgIpc) is 2.94. The minimum absolute atomic E-state index is 0.243. The van der Waals surface area contributed by atoms with Crippen LogP contribution in [0.25, 0.3) is 10.9 Å². The van der Waals surface area contributed by atoms with Crippen molar-refractivity contribution in [2.75, 3.05) is 26.9 Å². The Labute approximate surface area is 128 Å². The summed E-state index contributed by atoms with van der Waals surface area (Å²) in [7, 11) is 1.55. The van der Waals surface area contributed by atoms with E-state index in [-0.39, 0.29) is 24.9 Å². The number of carbonyl (C=O) groups excluding carboxylic acids is 2. The molecule has 0 spiro atoms. The van der Waals surface area contributed by atoms with Crippen LogP contribution in [-0.4, -0.2) is 43.7 Å². The van der Waals surface area contributed by atoms with Crippen molar-refractivity contribution in [1.29, 1.82) is 0 Å². The number of hydrogen-bond acceptors (Lipinski definition) is 4. The van der Waals surface area contributed by atoms with Gasteiger partial charge in [-0.15, -0.1) is 0 Å². The molecule has 1 aromatic heterocycles. The molecular weight excluding hydrogens is 284 g/mol. The van der Waals surface area contributed by atoms with Crippen LogP contribution < -0.4 is 5.32 Å². The van der Waals surface area contributed by atoms with Crippen LogP contribution in [-0.2, 0) is 25.5 Å². The molecule has 0 aliphatic carbocycles. The van der Waals surface area contributed by atoms with Gasteiger partial charge in [-0.1, -0.05) is 18.2 Å². The summed E-state index contributed by atoms with van der Waals surface area (Å²) in [5.74, 6) is -0.704. The zero-order valence-electron chi connectivity index (χ0n) is 12.6. The van der Waals surface area contributed by atoms with Gasteiger partial charge < -0.3 is 19.8 Å². The highest BCUT2D eigenvalue weighted by atomic mass is 16.5. The Morgan fingerprint density at radius 3 is 2.91 bits per heavy atom. The lowest BCUT2D eigenvalue weighted by Crippen LogP contribution is -2.31. The van der Waals surface area contributed by atoms with Crippen molar-refractivity contribution < 1.29 is 19.1 Å². The van der Waals surface area contributed by atoms with E-state index in [0.717, 1.165) is 16.5 Å². The molecule has 1 aromatic carbocycles. The Kier molecular flexibility index (Phi) is 5.97. The molecule has 0 bridgehead atoms. The summed E-state index contributed by atoms with van der Waals surface area (Å²) in [6, 6.07) is 7.92. The van der Waals surface area contributed by atoms with Crippen molar-refractivity contribution in [2.24, 2.45) is 0 Å². The first-order valence-electron chi connectivity index (χ1n) is 7.17. The number of aromatic nitrogens is 1. The van der Waals surface area contributed by atoms with Gasteiger partial charge in [-0.3, -0.25) is 9.59 Å². The molecule has 0 saturated heterocycles. The zero-order chi connectivity index (χ0) is 15.8. The Morgan fingerprint density at radius 2 is 2.09 bits per heavy atom. The Balaban J connectivity index is 1.73. The third-order valence-corrected chi connectivity index (χ3v) is 3.27. The van der Waals surface area contributed by atoms with Gasteiger partial charge >= 0.3 is 5.97 Å². The summed E-state index contributed by atoms with van der Waals surface area (Å²) < 4.78 is 9.75. The molecule has 6 heteroatoms. The van der Waals surface area contributed by atoms with E-state index < -0.39 is 0 Å². The number of benzene rings is 1. The number of rotatable bonds is 8. The van der Waals surface area contributed by atoms with Gasteiger partial charge in [0.05, 0.1) is 6.61 Å². The number of H-pyrrole nitrogens is 1. The number of methoxy groups -OCH3 is 1. The van der Waals surface area contributed by atoms with Crippen LogP contribution in [0.4, 0.5) is 0 Å². The van der Waals surface area contributed by atoms with E-state index in [4.69, 9.17) is 9.47 Å². The van der Waals surface area contributed by atoms with Crippen LogP contribution in [0.3, 0.4) is 0 Å². The number of aromatic amines is 1. The van der Waals surface area contributed by atoms with Gasteiger partial charge in [-0.2, -0.15) is 0 Å². The number of aryl methyl sites for hydroxylation is 1. The highest BCUT2D eigenvalue weighted by Crippen LogP contribution is 2.18. The van der Waals surface area contributed by atoms with E-state index >= 15 is 0 Å². The summed E-state index contributed by atoms with van der Waals surface area (Å²) >= 11 is 0. The van der Waals surface area contributed by atoms with E-state index in [2.05, 4.69) is 10.3 Å². The second-order valence-electron chi connectivity index (χ2n) is 4.86. The monoisotopic (exact) mass is 304 g/mol. The lowest BCUT2D eigenvalue weighted by atomic mass is 10.1.